The first kappa shape index (κ1) is 27.9. The number of rotatable bonds is 12. The van der Waals surface area contributed by atoms with Crippen LogP contribution in [0.2, 0.25) is 0 Å². The van der Waals surface area contributed by atoms with Crippen LogP contribution < -0.4 is 25.0 Å². The van der Waals surface area contributed by atoms with Crippen LogP contribution in [0.5, 0.6) is 17.2 Å². The molecule has 40 heavy (non-hydrogen) atoms. The molecule has 0 aliphatic heterocycles. The molecule has 0 radical (unpaired) electrons. The second-order valence-corrected chi connectivity index (χ2v) is 8.84. The van der Waals surface area contributed by atoms with Crippen molar-refractivity contribution in [3.63, 3.8) is 0 Å². The Labute approximate surface area is 233 Å². The predicted molar refractivity (Wildman–Crippen MR) is 155 cm³/mol. The molecule has 0 fully saturated rings. The van der Waals surface area contributed by atoms with Gasteiger partial charge in [0.1, 0.15) is 12.4 Å². The van der Waals surface area contributed by atoms with Crippen molar-refractivity contribution in [3.8, 4) is 17.2 Å². The van der Waals surface area contributed by atoms with E-state index in [-0.39, 0.29) is 12.5 Å². The van der Waals surface area contributed by atoms with E-state index in [1.807, 2.05) is 68.4 Å². The molecule has 0 aliphatic carbocycles. The lowest BCUT2D eigenvalue weighted by Gasteiger charge is -2.13. The van der Waals surface area contributed by atoms with Crippen molar-refractivity contribution >= 4 is 23.7 Å². The summed E-state index contributed by atoms with van der Waals surface area (Å²) in [6.45, 7) is 4.52. The van der Waals surface area contributed by atoms with Gasteiger partial charge in [-0.2, -0.15) is 5.10 Å². The van der Waals surface area contributed by atoms with E-state index in [0.717, 1.165) is 11.1 Å². The van der Waals surface area contributed by atoms with Crippen LogP contribution in [0.15, 0.2) is 102 Å². The minimum absolute atomic E-state index is 0.140. The van der Waals surface area contributed by atoms with E-state index in [2.05, 4.69) is 15.8 Å². The number of anilines is 1. The van der Waals surface area contributed by atoms with Crippen molar-refractivity contribution in [1.29, 1.82) is 0 Å². The van der Waals surface area contributed by atoms with Crippen molar-refractivity contribution < 1.29 is 23.8 Å². The topological polar surface area (TPSA) is 98.3 Å². The molecule has 0 spiro atoms. The molecule has 0 atom stereocenters. The molecule has 0 aliphatic rings. The fraction of sp³-hybridized carbons (Fsp3) is 0.156. The van der Waals surface area contributed by atoms with E-state index in [1.165, 1.54) is 6.21 Å². The molecule has 0 bridgehead atoms. The van der Waals surface area contributed by atoms with Gasteiger partial charge in [0.25, 0.3) is 11.8 Å². The zero-order valence-electron chi connectivity index (χ0n) is 22.4. The van der Waals surface area contributed by atoms with Gasteiger partial charge in [0.05, 0.1) is 12.8 Å². The van der Waals surface area contributed by atoms with Gasteiger partial charge >= 0.3 is 0 Å². The summed E-state index contributed by atoms with van der Waals surface area (Å²) >= 11 is 0. The van der Waals surface area contributed by atoms with Crippen LogP contribution in [0.25, 0.3) is 0 Å². The van der Waals surface area contributed by atoms with E-state index in [0.29, 0.717) is 47.3 Å². The van der Waals surface area contributed by atoms with E-state index in [1.54, 1.807) is 42.5 Å². The summed E-state index contributed by atoms with van der Waals surface area (Å²) in [6, 6.07) is 29.4. The zero-order valence-corrected chi connectivity index (χ0v) is 22.4. The Morgan fingerprint density at radius 3 is 2.40 bits per heavy atom. The fourth-order valence-electron chi connectivity index (χ4n) is 3.67. The Bertz CT molecular complexity index is 1450. The maximum Gasteiger partial charge on any atom is 0.271 e. The summed E-state index contributed by atoms with van der Waals surface area (Å²) in [5.74, 6) is 0.869. The summed E-state index contributed by atoms with van der Waals surface area (Å²) < 4.78 is 17.2. The van der Waals surface area contributed by atoms with Crippen LogP contribution in [0.4, 0.5) is 5.69 Å². The van der Waals surface area contributed by atoms with Gasteiger partial charge in [0.15, 0.2) is 18.1 Å². The number of hydrogen-bond donors (Lipinski definition) is 2. The smallest absolute Gasteiger partial charge is 0.271 e. The molecule has 0 saturated carbocycles. The first-order valence-electron chi connectivity index (χ1n) is 12.9. The van der Waals surface area contributed by atoms with Crippen LogP contribution in [-0.4, -0.2) is 31.2 Å². The lowest BCUT2D eigenvalue weighted by molar-refractivity contribution is -0.118. The van der Waals surface area contributed by atoms with Crippen molar-refractivity contribution in [2.75, 3.05) is 18.5 Å². The second kappa shape index (κ2) is 14.2. The highest BCUT2D eigenvalue weighted by molar-refractivity contribution is 5.95. The first-order valence-corrected chi connectivity index (χ1v) is 12.9. The van der Waals surface area contributed by atoms with Gasteiger partial charge in [-0.15, -0.1) is 0 Å². The first-order chi connectivity index (χ1) is 19.5. The predicted octanol–water partition coefficient (Wildman–Crippen LogP) is 5.75. The number of hydrogen-bond acceptors (Lipinski definition) is 6. The van der Waals surface area contributed by atoms with Crippen molar-refractivity contribution in [2.24, 2.45) is 5.10 Å². The molecule has 4 aromatic carbocycles. The summed E-state index contributed by atoms with van der Waals surface area (Å²) in [5, 5.41) is 6.85. The van der Waals surface area contributed by atoms with Crippen LogP contribution >= 0.6 is 0 Å². The van der Waals surface area contributed by atoms with Gasteiger partial charge in [0, 0.05) is 11.3 Å². The van der Waals surface area contributed by atoms with Crippen molar-refractivity contribution in [1.82, 2.24) is 5.43 Å². The highest BCUT2D eigenvalue weighted by atomic mass is 16.5. The van der Waals surface area contributed by atoms with E-state index in [9.17, 15) is 9.59 Å². The average Bonchev–Trinajstić information content (AvgIpc) is 2.97. The number of aryl methyl sites for hydroxylation is 1. The second-order valence-electron chi connectivity index (χ2n) is 8.84. The molecule has 2 amide bonds. The van der Waals surface area contributed by atoms with Gasteiger partial charge < -0.3 is 19.5 Å². The molecular formula is C32H31N3O5. The normalized spacial score (nSPS) is 10.7. The van der Waals surface area contributed by atoms with Crippen molar-refractivity contribution in [3.05, 3.63) is 119 Å². The van der Waals surface area contributed by atoms with E-state index < -0.39 is 5.91 Å². The van der Waals surface area contributed by atoms with Crippen LogP contribution in [-0.2, 0) is 11.4 Å². The Morgan fingerprint density at radius 2 is 1.62 bits per heavy atom. The summed E-state index contributed by atoms with van der Waals surface area (Å²) in [5.41, 5.74) is 6.44. The molecule has 2 N–H and O–H groups in total. The SMILES string of the molecule is CCOc1cc(C(=O)N/N=C/c2cccc(OCC(=O)Nc3ccc(C)cc3)c2)ccc1OCc1ccccc1. The number of amides is 2. The molecule has 0 saturated heterocycles. The number of hydrazone groups is 1. The number of ether oxygens (including phenoxy) is 3. The molecule has 4 aromatic rings. The average molecular weight is 538 g/mol. The number of benzene rings is 4. The third-order valence-electron chi connectivity index (χ3n) is 5.69. The largest absolute Gasteiger partial charge is 0.490 e. The fourth-order valence-corrected chi connectivity index (χ4v) is 3.67. The minimum Gasteiger partial charge on any atom is -0.490 e. The maximum absolute atomic E-state index is 12.7. The Balaban J connectivity index is 1.30. The summed E-state index contributed by atoms with van der Waals surface area (Å²) in [4.78, 5) is 24.9. The zero-order chi connectivity index (χ0) is 28.2. The molecule has 0 heterocycles. The van der Waals surface area contributed by atoms with Gasteiger partial charge in [-0.1, -0.05) is 60.2 Å². The lowest BCUT2D eigenvalue weighted by Crippen LogP contribution is -2.20. The number of carbonyl (C=O) groups excluding carboxylic acids is 2. The highest BCUT2D eigenvalue weighted by Gasteiger charge is 2.12. The molecule has 0 aromatic heterocycles. The monoisotopic (exact) mass is 537 g/mol. The Morgan fingerprint density at radius 1 is 0.825 bits per heavy atom. The van der Waals surface area contributed by atoms with Crippen LogP contribution in [0, 0.1) is 6.92 Å². The van der Waals surface area contributed by atoms with Crippen LogP contribution in [0.3, 0.4) is 0 Å². The van der Waals surface area contributed by atoms with Gasteiger partial charge in [-0.25, -0.2) is 5.43 Å². The minimum atomic E-state index is -0.396. The lowest BCUT2D eigenvalue weighted by atomic mass is 10.2. The van der Waals surface area contributed by atoms with E-state index in [4.69, 9.17) is 14.2 Å². The third-order valence-corrected chi connectivity index (χ3v) is 5.69. The molecule has 8 nitrogen and oxygen atoms in total. The Hall–Kier alpha value is -5.11. The van der Waals surface area contributed by atoms with Gasteiger partial charge in [0.2, 0.25) is 0 Å². The molecule has 0 unspecified atom stereocenters. The number of nitrogens with zero attached hydrogens (tertiary/aromatic N) is 1. The van der Waals surface area contributed by atoms with Crippen LogP contribution in [0.1, 0.15) is 34.0 Å². The number of carbonyl (C=O) groups is 2. The molecule has 4 rings (SSSR count). The highest BCUT2D eigenvalue weighted by Crippen LogP contribution is 2.29. The molecule has 204 valence electrons. The standard InChI is InChI=1S/C32H31N3O5/c1-3-38-30-19-26(14-17-29(30)40-21-24-8-5-4-6-9-24)32(37)35-33-20-25-10-7-11-28(18-25)39-22-31(36)34-27-15-12-23(2)13-16-27/h4-20H,3,21-22H2,1-2H3,(H,34,36)(H,35,37)/b33-20+. The quantitative estimate of drug-likeness (QED) is 0.177. The summed E-state index contributed by atoms with van der Waals surface area (Å²) in [6.07, 6.45) is 1.50. The molecular weight excluding hydrogens is 506 g/mol. The Kier molecular flexibility index (Phi) is 9.88. The van der Waals surface area contributed by atoms with Gasteiger partial charge in [-0.3, -0.25) is 9.59 Å². The molecule has 8 heteroatoms. The van der Waals surface area contributed by atoms with E-state index >= 15 is 0 Å². The van der Waals surface area contributed by atoms with Gasteiger partial charge in [-0.05, 0) is 67.4 Å². The third kappa shape index (κ3) is 8.46. The summed E-state index contributed by atoms with van der Waals surface area (Å²) in [7, 11) is 0. The van der Waals surface area contributed by atoms with Crippen molar-refractivity contribution in [2.45, 2.75) is 20.5 Å². The maximum atomic E-state index is 12.7. The number of nitrogens with one attached hydrogen (secondary N) is 2.